The molecule has 1 aliphatic heterocycles. The fraction of sp³-hybridized carbons (Fsp3) is 0.222. The number of rotatable bonds is 3. The van der Waals surface area contributed by atoms with Crippen LogP contribution in [0.1, 0.15) is 22.3 Å². The maximum atomic E-state index is 13.8. The number of nitrogens with zero attached hydrogens (tertiary/aromatic N) is 4. The van der Waals surface area contributed by atoms with E-state index in [4.69, 9.17) is 9.97 Å². The minimum Gasteiger partial charge on any atom is -0.353 e. The monoisotopic (exact) mass is 440 g/mol. The first-order chi connectivity index (χ1) is 16.1. The van der Waals surface area contributed by atoms with Crippen molar-refractivity contribution >= 4 is 22.8 Å². The first-order valence-electron chi connectivity index (χ1n) is 11.2. The average molecular weight is 441 g/mol. The van der Waals surface area contributed by atoms with Gasteiger partial charge in [0, 0.05) is 37.3 Å². The second kappa shape index (κ2) is 8.98. The number of halogens is 1. The second-order valence-electron chi connectivity index (χ2n) is 8.34. The summed E-state index contributed by atoms with van der Waals surface area (Å²) in [7, 11) is 0. The van der Waals surface area contributed by atoms with E-state index < -0.39 is 0 Å². The topological polar surface area (TPSA) is 49.3 Å². The number of benzene rings is 3. The van der Waals surface area contributed by atoms with Crippen LogP contribution in [-0.4, -0.2) is 47.0 Å². The molecule has 0 unspecified atom stereocenters. The number of carbonyl (C=O) groups is 1. The fourth-order valence-electron chi connectivity index (χ4n) is 4.33. The molecule has 2 heterocycles. The molecule has 0 saturated carbocycles. The number of carbonyl (C=O) groups excluding carboxylic acids is 1. The lowest BCUT2D eigenvalue weighted by molar-refractivity contribution is 0.0765. The van der Waals surface area contributed by atoms with Crippen LogP contribution in [0.4, 0.5) is 10.2 Å². The molecule has 3 aromatic carbocycles. The van der Waals surface area contributed by atoms with E-state index >= 15 is 0 Å². The summed E-state index contributed by atoms with van der Waals surface area (Å²) in [4.78, 5) is 27.1. The summed E-state index contributed by atoms with van der Waals surface area (Å²) in [6.45, 7) is 4.39. The van der Waals surface area contributed by atoms with Gasteiger partial charge in [0.2, 0.25) is 0 Å². The van der Waals surface area contributed by atoms with Crippen molar-refractivity contribution in [1.82, 2.24) is 14.9 Å². The van der Waals surface area contributed by atoms with Crippen LogP contribution in [0.2, 0.25) is 0 Å². The third-order valence-electron chi connectivity index (χ3n) is 6.11. The summed E-state index contributed by atoms with van der Waals surface area (Å²) in [6.07, 6.45) is 0.794. The molecule has 1 aliphatic rings. The van der Waals surface area contributed by atoms with E-state index in [2.05, 4.69) is 4.90 Å². The summed E-state index contributed by atoms with van der Waals surface area (Å²) < 4.78 is 13.8. The Morgan fingerprint density at radius 1 is 0.848 bits per heavy atom. The van der Waals surface area contributed by atoms with Crippen molar-refractivity contribution in [3.8, 4) is 11.3 Å². The van der Waals surface area contributed by atoms with Crippen LogP contribution in [-0.2, 0) is 0 Å². The molecule has 4 aromatic rings. The molecule has 0 bridgehead atoms. The Morgan fingerprint density at radius 2 is 1.58 bits per heavy atom. The van der Waals surface area contributed by atoms with Crippen molar-refractivity contribution in [2.45, 2.75) is 13.3 Å². The van der Waals surface area contributed by atoms with E-state index in [9.17, 15) is 9.18 Å². The summed E-state index contributed by atoms with van der Waals surface area (Å²) in [5.41, 5.74) is 4.77. The SMILES string of the molecule is Cc1ccc(F)cc1C(=O)N1CCCN(c2nc3ccccc3nc2-c2ccccc2)CC1. The number of hydrogen-bond donors (Lipinski definition) is 0. The van der Waals surface area contributed by atoms with E-state index in [0.29, 0.717) is 25.2 Å². The zero-order chi connectivity index (χ0) is 22.8. The van der Waals surface area contributed by atoms with Crippen molar-refractivity contribution < 1.29 is 9.18 Å². The average Bonchev–Trinajstić information content (AvgIpc) is 3.11. The fourth-order valence-corrected chi connectivity index (χ4v) is 4.33. The number of para-hydroxylation sites is 2. The zero-order valence-corrected chi connectivity index (χ0v) is 18.5. The molecule has 166 valence electrons. The highest BCUT2D eigenvalue weighted by molar-refractivity contribution is 5.95. The third kappa shape index (κ3) is 4.29. The van der Waals surface area contributed by atoms with Crippen LogP contribution in [0.15, 0.2) is 72.8 Å². The van der Waals surface area contributed by atoms with Crippen molar-refractivity contribution in [3.63, 3.8) is 0 Å². The van der Waals surface area contributed by atoms with E-state index in [-0.39, 0.29) is 11.7 Å². The van der Waals surface area contributed by atoms with Crippen molar-refractivity contribution in [2.75, 3.05) is 31.1 Å². The molecule has 1 aromatic heterocycles. The Kier molecular flexibility index (Phi) is 5.73. The Bertz CT molecular complexity index is 1310. The Labute approximate surface area is 192 Å². The maximum absolute atomic E-state index is 13.8. The lowest BCUT2D eigenvalue weighted by Crippen LogP contribution is -2.36. The summed E-state index contributed by atoms with van der Waals surface area (Å²) in [5, 5.41) is 0. The minimum atomic E-state index is -0.390. The second-order valence-corrected chi connectivity index (χ2v) is 8.34. The van der Waals surface area contributed by atoms with Crippen LogP contribution >= 0.6 is 0 Å². The Balaban J connectivity index is 1.46. The molecule has 1 saturated heterocycles. The molecule has 0 spiro atoms. The summed E-state index contributed by atoms with van der Waals surface area (Å²) in [6, 6.07) is 22.3. The molecule has 5 nitrogen and oxygen atoms in total. The van der Waals surface area contributed by atoms with Crippen LogP contribution in [0, 0.1) is 12.7 Å². The van der Waals surface area contributed by atoms with Crippen molar-refractivity contribution in [1.29, 1.82) is 0 Å². The standard InChI is InChI=1S/C27H25FN4O/c1-19-12-13-21(28)18-22(19)27(33)32-15-7-14-31(16-17-32)26-25(20-8-3-2-4-9-20)29-23-10-5-6-11-24(23)30-26/h2-6,8-13,18H,7,14-17H2,1H3. The molecular formula is C27H25FN4O. The largest absolute Gasteiger partial charge is 0.353 e. The molecule has 1 fully saturated rings. The molecule has 1 amide bonds. The molecule has 6 heteroatoms. The van der Waals surface area contributed by atoms with Crippen LogP contribution in [0.3, 0.4) is 0 Å². The van der Waals surface area contributed by atoms with Gasteiger partial charge in [0.05, 0.1) is 11.0 Å². The van der Waals surface area contributed by atoms with Crippen LogP contribution in [0.25, 0.3) is 22.3 Å². The number of hydrogen-bond acceptors (Lipinski definition) is 4. The molecule has 0 aliphatic carbocycles. The molecule has 33 heavy (non-hydrogen) atoms. The number of fused-ring (bicyclic) bond motifs is 1. The van der Waals surface area contributed by atoms with Gasteiger partial charge in [-0.3, -0.25) is 4.79 Å². The Morgan fingerprint density at radius 3 is 2.36 bits per heavy atom. The van der Waals surface area contributed by atoms with Gasteiger partial charge in [-0.2, -0.15) is 0 Å². The first-order valence-corrected chi connectivity index (χ1v) is 11.2. The van der Waals surface area contributed by atoms with Gasteiger partial charge in [0.25, 0.3) is 5.91 Å². The Hall–Kier alpha value is -3.80. The number of anilines is 1. The van der Waals surface area contributed by atoms with Gasteiger partial charge in [-0.1, -0.05) is 48.5 Å². The summed E-state index contributed by atoms with van der Waals surface area (Å²) in [5.74, 6) is 0.317. The number of amides is 1. The van der Waals surface area contributed by atoms with E-state index in [0.717, 1.165) is 46.6 Å². The molecule has 0 radical (unpaired) electrons. The molecular weight excluding hydrogens is 415 g/mol. The quantitative estimate of drug-likeness (QED) is 0.445. The van der Waals surface area contributed by atoms with Crippen molar-refractivity contribution in [2.24, 2.45) is 0 Å². The highest BCUT2D eigenvalue weighted by Gasteiger charge is 2.24. The van der Waals surface area contributed by atoms with Gasteiger partial charge in [-0.05, 0) is 43.2 Å². The maximum Gasteiger partial charge on any atom is 0.254 e. The zero-order valence-electron chi connectivity index (χ0n) is 18.5. The third-order valence-corrected chi connectivity index (χ3v) is 6.11. The summed E-state index contributed by atoms with van der Waals surface area (Å²) >= 11 is 0. The predicted octanol–water partition coefficient (Wildman–Crippen LogP) is 5.10. The van der Waals surface area contributed by atoms with E-state index in [1.807, 2.05) is 66.4 Å². The molecule has 5 rings (SSSR count). The smallest absolute Gasteiger partial charge is 0.254 e. The lowest BCUT2D eigenvalue weighted by Gasteiger charge is -2.25. The number of aromatic nitrogens is 2. The number of aryl methyl sites for hydroxylation is 1. The highest BCUT2D eigenvalue weighted by atomic mass is 19.1. The van der Waals surface area contributed by atoms with Gasteiger partial charge < -0.3 is 9.80 Å². The van der Waals surface area contributed by atoms with Gasteiger partial charge >= 0.3 is 0 Å². The van der Waals surface area contributed by atoms with E-state index in [1.165, 1.54) is 12.1 Å². The first kappa shape index (κ1) is 21.1. The van der Waals surface area contributed by atoms with Crippen LogP contribution < -0.4 is 4.90 Å². The van der Waals surface area contributed by atoms with Crippen LogP contribution in [0.5, 0.6) is 0 Å². The predicted molar refractivity (Wildman–Crippen MR) is 129 cm³/mol. The molecule has 0 atom stereocenters. The lowest BCUT2D eigenvalue weighted by atomic mass is 10.1. The highest BCUT2D eigenvalue weighted by Crippen LogP contribution is 2.30. The molecule has 0 N–H and O–H groups in total. The normalized spacial score (nSPS) is 14.4. The van der Waals surface area contributed by atoms with Gasteiger partial charge in [0.15, 0.2) is 5.82 Å². The van der Waals surface area contributed by atoms with Gasteiger partial charge in [-0.25, -0.2) is 14.4 Å². The van der Waals surface area contributed by atoms with Gasteiger partial charge in [0.1, 0.15) is 11.5 Å². The minimum absolute atomic E-state index is 0.123. The van der Waals surface area contributed by atoms with E-state index in [1.54, 1.807) is 6.07 Å². The van der Waals surface area contributed by atoms with Crippen molar-refractivity contribution in [3.05, 3.63) is 89.7 Å². The van der Waals surface area contributed by atoms with Gasteiger partial charge in [-0.15, -0.1) is 0 Å².